The van der Waals surface area contributed by atoms with E-state index in [1.54, 1.807) is 0 Å². The molecular weight excluding hydrogens is 440 g/mol. The highest BCUT2D eigenvalue weighted by Crippen LogP contribution is 2.32. The summed E-state index contributed by atoms with van der Waals surface area (Å²) in [7, 11) is 0. The first-order valence-electron chi connectivity index (χ1n) is 12.0. The topological polar surface area (TPSA) is 35.6 Å². The summed E-state index contributed by atoms with van der Waals surface area (Å²) in [6.07, 6.45) is 0. The van der Waals surface area contributed by atoms with Gasteiger partial charge in [0, 0.05) is 27.6 Å². The molecule has 0 atom stereocenters. The molecule has 7 aromatic rings. The van der Waals surface area contributed by atoms with Crippen molar-refractivity contribution in [2.45, 2.75) is 0 Å². The zero-order valence-corrected chi connectivity index (χ0v) is 19.5. The van der Waals surface area contributed by atoms with Crippen molar-refractivity contribution in [1.82, 2.24) is 19.3 Å². The quantitative estimate of drug-likeness (QED) is 0.269. The summed E-state index contributed by atoms with van der Waals surface area (Å²) in [5.74, 6) is 1.53. The van der Waals surface area contributed by atoms with Crippen LogP contribution in [0.2, 0.25) is 0 Å². The van der Waals surface area contributed by atoms with Crippen molar-refractivity contribution in [3.63, 3.8) is 0 Å². The molecular formula is C32H22N4. The van der Waals surface area contributed by atoms with Crippen LogP contribution in [0.1, 0.15) is 0 Å². The molecule has 7 rings (SSSR count). The standard InChI is InChI=1S/C32H22N4/c1-3-11-23(12-4-1)31-33-32(24-13-5-2-6-14-24)36(34-31)26-21-19-25(20-22-26)35-29-17-9-7-15-27(29)28-16-8-10-18-30(28)35/h1-22H. The predicted molar refractivity (Wildman–Crippen MR) is 147 cm³/mol. The first-order chi connectivity index (χ1) is 17.9. The highest BCUT2D eigenvalue weighted by atomic mass is 15.4. The highest BCUT2D eigenvalue weighted by Gasteiger charge is 2.16. The predicted octanol–water partition coefficient (Wildman–Crippen LogP) is 7.70. The fourth-order valence-electron chi connectivity index (χ4n) is 4.92. The molecule has 4 nitrogen and oxygen atoms in total. The minimum atomic E-state index is 0.709. The largest absolute Gasteiger partial charge is 0.309 e. The molecule has 36 heavy (non-hydrogen) atoms. The molecule has 170 valence electrons. The number of aromatic nitrogens is 4. The SMILES string of the molecule is c1ccc(-c2nc(-c3ccccc3)n(-c3ccc(-n4c5ccccc5c5ccccc54)cc3)n2)cc1. The molecule has 0 saturated carbocycles. The maximum Gasteiger partial charge on any atom is 0.182 e. The third-order valence-electron chi connectivity index (χ3n) is 6.60. The smallest absolute Gasteiger partial charge is 0.182 e. The lowest BCUT2D eigenvalue weighted by Crippen LogP contribution is -2.01. The van der Waals surface area contributed by atoms with Gasteiger partial charge in [0.1, 0.15) is 0 Å². The average Bonchev–Trinajstić information content (AvgIpc) is 3.55. The second kappa shape index (κ2) is 8.36. The molecule has 5 aromatic carbocycles. The summed E-state index contributed by atoms with van der Waals surface area (Å²) in [5, 5.41) is 7.43. The first-order valence-corrected chi connectivity index (χ1v) is 12.0. The Morgan fingerprint density at radius 3 is 1.56 bits per heavy atom. The number of fused-ring (bicyclic) bond motifs is 3. The normalized spacial score (nSPS) is 11.3. The second-order valence-electron chi connectivity index (χ2n) is 8.79. The van der Waals surface area contributed by atoms with Crippen LogP contribution in [0, 0.1) is 0 Å². The molecule has 0 aliphatic carbocycles. The molecule has 0 amide bonds. The number of benzene rings is 5. The Kier molecular flexibility index (Phi) is 4.74. The molecule has 0 saturated heterocycles. The lowest BCUT2D eigenvalue weighted by Gasteiger charge is -2.10. The Hall–Kier alpha value is -4.96. The molecule has 0 radical (unpaired) electrons. The number of para-hydroxylation sites is 2. The Labute approximate surface area is 208 Å². The van der Waals surface area contributed by atoms with Crippen molar-refractivity contribution in [3.8, 4) is 34.2 Å². The van der Waals surface area contributed by atoms with Gasteiger partial charge in [-0.1, -0.05) is 97.1 Å². The Balaban J connectivity index is 1.38. The fourth-order valence-corrected chi connectivity index (χ4v) is 4.92. The van der Waals surface area contributed by atoms with Gasteiger partial charge in [-0.05, 0) is 36.4 Å². The Morgan fingerprint density at radius 1 is 0.444 bits per heavy atom. The number of nitrogens with zero attached hydrogens (tertiary/aromatic N) is 4. The van der Waals surface area contributed by atoms with Crippen molar-refractivity contribution < 1.29 is 0 Å². The molecule has 4 heteroatoms. The van der Waals surface area contributed by atoms with Crippen molar-refractivity contribution >= 4 is 21.8 Å². The van der Waals surface area contributed by atoms with Gasteiger partial charge >= 0.3 is 0 Å². The van der Waals surface area contributed by atoms with Crippen LogP contribution in [-0.4, -0.2) is 19.3 Å². The molecule has 2 aromatic heterocycles. The number of rotatable bonds is 4. The maximum atomic E-state index is 4.93. The van der Waals surface area contributed by atoms with Gasteiger partial charge in [-0.2, -0.15) is 0 Å². The third-order valence-corrected chi connectivity index (χ3v) is 6.60. The molecule has 0 aliphatic heterocycles. The van der Waals surface area contributed by atoms with Gasteiger partial charge in [0.25, 0.3) is 0 Å². The van der Waals surface area contributed by atoms with E-state index in [0.29, 0.717) is 5.82 Å². The summed E-state index contributed by atoms with van der Waals surface area (Å²) in [5.41, 5.74) is 6.50. The van der Waals surface area contributed by atoms with E-state index in [4.69, 9.17) is 10.1 Å². The zero-order chi connectivity index (χ0) is 23.9. The van der Waals surface area contributed by atoms with Crippen LogP contribution in [0.3, 0.4) is 0 Å². The van der Waals surface area contributed by atoms with Crippen molar-refractivity contribution in [2.24, 2.45) is 0 Å². The van der Waals surface area contributed by atoms with Crippen LogP contribution in [0.15, 0.2) is 133 Å². The van der Waals surface area contributed by atoms with E-state index < -0.39 is 0 Å². The van der Waals surface area contributed by atoms with Gasteiger partial charge in [-0.15, -0.1) is 5.10 Å². The van der Waals surface area contributed by atoms with Crippen LogP contribution in [0.5, 0.6) is 0 Å². The van der Waals surface area contributed by atoms with Gasteiger partial charge in [0.05, 0.1) is 16.7 Å². The molecule has 2 heterocycles. The summed E-state index contributed by atoms with van der Waals surface area (Å²) in [4.78, 5) is 4.93. The highest BCUT2D eigenvalue weighted by molar-refractivity contribution is 6.09. The summed E-state index contributed by atoms with van der Waals surface area (Å²) < 4.78 is 4.26. The molecule has 0 fully saturated rings. The maximum absolute atomic E-state index is 4.93. The molecule has 0 N–H and O–H groups in total. The second-order valence-corrected chi connectivity index (χ2v) is 8.79. The summed E-state index contributed by atoms with van der Waals surface area (Å²) in [6, 6.07) is 46.0. The van der Waals surface area contributed by atoms with Gasteiger partial charge in [-0.3, -0.25) is 0 Å². The van der Waals surface area contributed by atoms with E-state index in [1.165, 1.54) is 21.8 Å². The summed E-state index contributed by atoms with van der Waals surface area (Å²) >= 11 is 0. The van der Waals surface area contributed by atoms with E-state index in [-0.39, 0.29) is 0 Å². The number of hydrogen-bond donors (Lipinski definition) is 0. The monoisotopic (exact) mass is 462 g/mol. The van der Waals surface area contributed by atoms with Gasteiger partial charge in [0.15, 0.2) is 11.6 Å². The molecule has 0 aliphatic rings. The minimum absolute atomic E-state index is 0.709. The first kappa shape index (κ1) is 20.4. The van der Waals surface area contributed by atoms with Crippen molar-refractivity contribution in [1.29, 1.82) is 0 Å². The van der Waals surface area contributed by atoms with Crippen LogP contribution >= 0.6 is 0 Å². The lowest BCUT2D eigenvalue weighted by atomic mass is 10.2. The van der Waals surface area contributed by atoms with E-state index in [1.807, 2.05) is 53.2 Å². The van der Waals surface area contributed by atoms with Gasteiger partial charge < -0.3 is 4.57 Å². The van der Waals surface area contributed by atoms with E-state index >= 15 is 0 Å². The van der Waals surface area contributed by atoms with Crippen LogP contribution in [0.25, 0.3) is 56.0 Å². The van der Waals surface area contributed by atoms with Gasteiger partial charge in [0.2, 0.25) is 0 Å². The lowest BCUT2D eigenvalue weighted by molar-refractivity contribution is 0.889. The molecule has 0 spiro atoms. The third kappa shape index (κ3) is 3.31. The Bertz CT molecular complexity index is 1760. The van der Waals surface area contributed by atoms with Crippen LogP contribution in [0.4, 0.5) is 0 Å². The minimum Gasteiger partial charge on any atom is -0.309 e. The van der Waals surface area contributed by atoms with E-state index in [0.717, 1.165) is 28.3 Å². The zero-order valence-electron chi connectivity index (χ0n) is 19.5. The van der Waals surface area contributed by atoms with E-state index in [2.05, 4.69) is 89.5 Å². The Morgan fingerprint density at radius 2 is 0.944 bits per heavy atom. The fraction of sp³-hybridized carbons (Fsp3) is 0. The average molecular weight is 463 g/mol. The van der Waals surface area contributed by atoms with Crippen LogP contribution < -0.4 is 0 Å². The summed E-state index contributed by atoms with van der Waals surface area (Å²) in [6.45, 7) is 0. The van der Waals surface area contributed by atoms with Gasteiger partial charge in [-0.25, -0.2) is 9.67 Å². The van der Waals surface area contributed by atoms with Crippen LogP contribution in [-0.2, 0) is 0 Å². The molecule has 0 bridgehead atoms. The number of hydrogen-bond acceptors (Lipinski definition) is 2. The van der Waals surface area contributed by atoms with E-state index in [9.17, 15) is 0 Å². The van der Waals surface area contributed by atoms with Crippen molar-refractivity contribution in [3.05, 3.63) is 133 Å². The van der Waals surface area contributed by atoms with Crippen molar-refractivity contribution in [2.75, 3.05) is 0 Å². The molecule has 0 unspecified atom stereocenters.